The largest absolute Gasteiger partial charge is 0.481 e. The summed E-state index contributed by atoms with van der Waals surface area (Å²) in [5.74, 6) is -2.39. The predicted octanol–water partition coefficient (Wildman–Crippen LogP) is 7.49. The minimum atomic E-state index is -3.71. The number of hydrogen-bond donors (Lipinski definition) is 3. The van der Waals surface area contributed by atoms with Crippen LogP contribution in [-0.2, 0) is 27.8 Å². The lowest BCUT2D eigenvalue weighted by Gasteiger charge is -2.22. The molecule has 0 unspecified atom stereocenters. The number of halogens is 1. The van der Waals surface area contributed by atoms with Crippen molar-refractivity contribution >= 4 is 44.5 Å². The quantitative estimate of drug-likeness (QED) is 0.0630. The van der Waals surface area contributed by atoms with Crippen LogP contribution in [0.4, 0.5) is 10.2 Å². The van der Waals surface area contributed by atoms with Crippen LogP contribution in [0.2, 0.25) is 0 Å². The number of benzene rings is 1. The Morgan fingerprint density at radius 1 is 0.904 bits per heavy atom. The van der Waals surface area contributed by atoms with E-state index in [1.54, 1.807) is 18.3 Å². The van der Waals surface area contributed by atoms with E-state index in [9.17, 15) is 27.2 Å². The van der Waals surface area contributed by atoms with Gasteiger partial charge in [-0.3, -0.25) is 23.7 Å². The second-order valence-corrected chi connectivity index (χ2v) is 15.2. The summed E-state index contributed by atoms with van der Waals surface area (Å²) >= 11 is 0. The first-order chi connectivity index (χ1) is 25.0. The monoisotopic (exact) mass is 739 g/mol. The van der Waals surface area contributed by atoms with E-state index in [2.05, 4.69) is 32.8 Å². The lowest BCUT2D eigenvalue weighted by molar-refractivity contribution is -0.137. The maximum absolute atomic E-state index is 14.0. The summed E-state index contributed by atoms with van der Waals surface area (Å²) in [5, 5.41) is 14.5. The Morgan fingerprint density at radius 3 is 2.17 bits per heavy atom. The number of fused-ring (bicyclic) bond motifs is 1. The molecule has 2 aromatic heterocycles. The number of allylic oxidation sites excluding steroid dienone is 2. The van der Waals surface area contributed by atoms with Gasteiger partial charge in [-0.15, -0.1) is 0 Å². The number of aryl methyl sites for hydroxylation is 1. The SMILES string of the molecule is CCS(=O)(=O)N(C)c1nc(C(=O)NCc2ccc(F)cc2C(=O)NC)c(CCCCCCCC/C=C\CCCCCCCC(=O)O)c2ncccc12. The third-order valence-corrected chi connectivity index (χ3v) is 10.8. The van der Waals surface area contributed by atoms with Gasteiger partial charge in [0, 0.05) is 49.8 Å². The number of carboxylic acids is 1. The fraction of sp³-hybridized carbons (Fsp3) is 0.513. The van der Waals surface area contributed by atoms with Crippen molar-refractivity contribution < 1.29 is 32.3 Å². The van der Waals surface area contributed by atoms with Gasteiger partial charge in [0.05, 0.1) is 11.3 Å². The lowest BCUT2D eigenvalue weighted by Crippen LogP contribution is -2.31. The molecule has 0 aliphatic carbocycles. The smallest absolute Gasteiger partial charge is 0.303 e. The number of unbranched alkanes of at least 4 members (excludes halogenated alkanes) is 11. The molecule has 0 saturated carbocycles. The Morgan fingerprint density at radius 2 is 1.54 bits per heavy atom. The standard InChI is InChI=1S/C39H54FN5O6S/c1-4-52(50,51)45(3)37-32-22-20-26-42-35(32)31(36(44-37)39(49)43-28-29-24-25-30(40)27-33(29)38(48)41-2)21-18-16-14-12-10-8-6-5-7-9-11-13-15-17-19-23-34(46)47/h5,7,20,22,24-27H,4,6,8-19,21,23,28H2,1-3H3,(H,41,48)(H,43,49)(H,46,47)/b7-5-. The van der Waals surface area contributed by atoms with E-state index in [0.29, 0.717) is 28.5 Å². The average molecular weight is 740 g/mol. The van der Waals surface area contributed by atoms with Crippen molar-refractivity contribution in [1.29, 1.82) is 0 Å². The van der Waals surface area contributed by atoms with E-state index in [-0.39, 0.29) is 35.8 Å². The molecule has 13 heteroatoms. The number of amides is 2. The van der Waals surface area contributed by atoms with Gasteiger partial charge in [0.2, 0.25) is 10.0 Å². The second kappa shape index (κ2) is 21.9. The predicted molar refractivity (Wildman–Crippen MR) is 203 cm³/mol. The minimum absolute atomic E-state index is 0.0629. The summed E-state index contributed by atoms with van der Waals surface area (Å²) in [6.45, 7) is 1.46. The highest BCUT2D eigenvalue weighted by atomic mass is 32.2. The van der Waals surface area contributed by atoms with Crippen LogP contribution in [0.1, 0.15) is 129 Å². The highest BCUT2D eigenvalue weighted by Gasteiger charge is 2.26. The summed E-state index contributed by atoms with van der Waals surface area (Å²) in [5.41, 5.74) is 1.70. The van der Waals surface area contributed by atoms with Crippen LogP contribution < -0.4 is 14.9 Å². The van der Waals surface area contributed by atoms with Crippen molar-refractivity contribution in [3.05, 3.63) is 76.9 Å². The van der Waals surface area contributed by atoms with Gasteiger partial charge in [-0.05, 0) is 81.7 Å². The first kappa shape index (κ1) is 42.0. The van der Waals surface area contributed by atoms with Gasteiger partial charge < -0.3 is 15.7 Å². The summed E-state index contributed by atoms with van der Waals surface area (Å²) in [7, 11) is -0.858. The zero-order valence-electron chi connectivity index (χ0n) is 30.8. The highest BCUT2D eigenvalue weighted by molar-refractivity contribution is 7.92. The zero-order valence-corrected chi connectivity index (χ0v) is 31.6. The molecule has 0 spiro atoms. The molecule has 0 aliphatic heterocycles. The number of aromatic nitrogens is 2. The van der Waals surface area contributed by atoms with E-state index in [1.165, 1.54) is 33.2 Å². The highest BCUT2D eigenvalue weighted by Crippen LogP contribution is 2.31. The Kier molecular flexibility index (Phi) is 17.7. The normalized spacial score (nSPS) is 11.6. The van der Waals surface area contributed by atoms with Crippen LogP contribution >= 0.6 is 0 Å². The second-order valence-electron chi connectivity index (χ2n) is 12.9. The van der Waals surface area contributed by atoms with E-state index in [1.807, 2.05) is 0 Å². The molecular formula is C39H54FN5O6S. The summed E-state index contributed by atoms with van der Waals surface area (Å²) < 4.78 is 40.9. The molecule has 0 saturated heterocycles. The van der Waals surface area contributed by atoms with Crippen LogP contribution in [0.25, 0.3) is 10.9 Å². The molecule has 2 amide bonds. The van der Waals surface area contributed by atoms with Gasteiger partial charge >= 0.3 is 5.97 Å². The molecule has 0 bridgehead atoms. The number of nitrogens with zero attached hydrogens (tertiary/aromatic N) is 3. The van der Waals surface area contributed by atoms with Crippen molar-refractivity contribution in [1.82, 2.24) is 20.6 Å². The fourth-order valence-electron chi connectivity index (χ4n) is 6.05. The molecule has 0 atom stereocenters. The first-order valence-electron chi connectivity index (χ1n) is 18.4. The molecule has 3 rings (SSSR count). The summed E-state index contributed by atoms with van der Waals surface area (Å²) in [6.07, 6.45) is 20.2. The van der Waals surface area contributed by atoms with E-state index in [4.69, 9.17) is 5.11 Å². The van der Waals surface area contributed by atoms with Gasteiger partial charge in [0.15, 0.2) is 5.82 Å². The van der Waals surface area contributed by atoms with Gasteiger partial charge in [-0.25, -0.2) is 17.8 Å². The Bertz CT molecular complexity index is 1780. The molecule has 3 N–H and O–H groups in total. The van der Waals surface area contributed by atoms with Gasteiger partial charge in [0.1, 0.15) is 11.5 Å². The zero-order chi connectivity index (χ0) is 37.9. The summed E-state index contributed by atoms with van der Waals surface area (Å²) in [6, 6.07) is 7.24. The first-order valence-corrected chi connectivity index (χ1v) is 20.0. The van der Waals surface area contributed by atoms with Crippen molar-refractivity contribution in [2.75, 3.05) is 24.2 Å². The molecule has 3 aromatic rings. The van der Waals surface area contributed by atoms with E-state index >= 15 is 0 Å². The van der Waals surface area contributed by atoms with Crippen LogP contribution in [0.3, 0.4) is 0 Å². The van der Waals surface area contributed by atoms with Crippen LogP contribution in [0.5, 0.6) is 0 Å². The molecule has 0 fully saturated rings. The number of rotatable bonds is 24. The number of nitrogens with one attached hydrogen (secondary N) is 2. The number of carbonyl (C=O) groups excluding carboxylic acids is 2. The van der Waals surface area contributed by atoms with E-state index < -0.39 is 33.6 Å². The van der Waals surface area contributed by atoms with E-state index in [0.717, 1.165) is 93.8 Å². The van der Waals surface area contributed by atoms with Gasteiger partial charge in [0.25, 0.3) is 11.8 Å². The lowest BCUT2D eigenvalue weighted by atomic mass is 10.00. The van der Waals surface area contributed by atoms with Crippen molar-refractivity contribution in [3.8, 4) is 0 Å². The third kappa shape index (κ3) is 13.0. The molecular weight excluding hydrogens is 686 g/mol. The molecule has 52 heavy (non-hydrogen) atoms. The van der Waals surface area contributed by atoms with Crippen LogP contribution in [-0.4, -0.2) is 61.1 Å². The van der Waals surface area contributed by atoms with Crippen LogP contribution in [0, 0.1) is 5.82 Å². The number of hydrogen-bond acceptors (Lipinski definition) is 7. The molecule has 2 heterocycles. The molecule has 0 aliphatic rings. The number of pyridine rings is 2. The Hall–Kier alpha value is -4.39. The molecule has 0 radical (unpaired) electrons. The van der Waals surface area contributed by atoms with Crippen molar-refractivity contribution in [3.63, 3.8) is 0 Å². The van der Waals surface area contributed by atoms with Crippen LogP contribution in [0.15, 0.2) is 48.7 Å². The Labute approximate surface area is 307 Å². The number of aliphatic carboxylic acids is 1. The molecule has 11 nitrogen and oxygen atoms in total. The molecule has 284 valence electrons. The number of carboxylic acid groups (broad SMARTS) is 1. The maximum Gasteiger partial charge on any atom is 0.303 e. The summed E-state index contributed by atoms with van der Waals surface area (Å²) in [4.78, 5) is 46.0. The van der Waals surface area contributed by atoms with Crippen molar-refractivity contribution in [2.24, 2.45) is 0 Å². The number of sulfonamides is 1. The Balaban J connectivity index is 1.63. The van der Waals surface area contributed by atoms with Gasteiger partial charge in [-0.1, -0.05) is 63.2 Å². The third-order valence-electron chi connectivity index (χ3n) is 9.09. The molecule has 1 aromatic carbocycles. The maximum atomic E-state index is 14.0. The van der Waals surface area contributed by atoms with Crippen molar-refractivity contribution in [2.45, 2.75) is 110 Å². The number of carbonyl (C=O) groups is 3. The topological polar surface area (TPSA) is 159 Å². The average Bonchev–Trinajstić information content (AvgIpc) is 3.14. The number of anilines is 1. The minimum Gasteiger partial charge on any atom is -0.481 e. The van der Waals surface area contributed by atoms with Gasteiger partial charge in [-0.2, -0.15) is 0 Å². The fourth-order valence-corrected chi connectivity index (χ4v) is 6.84.